The Morgan fingerprint density at radius 2 is 1.94 bits per heavy atom. The molecule has 36 heavy (non-hydrogen) atoms. The molecular formula is C27H23ClN4O4. The Bertz CT molecular complexity index is 1500. The number of amides is 2. The largest absolute Gasteiger partial charge is 0.478 e. The minimum atomic E-state index is -1.00. The Balaban J connectivity index is 1.59. The van der Waals surface area contributed by atoms with Crippen molar-refractivity contribution in [2.75, 3.05) is 5.32 Å². The zero-order chi connectivity index (χ0) is 25.6. The summed E-state index contributed by atoms with van der Waals surface area (Å²) in [6.45, 7) is 1.92. The summed E-state index contributed by atoms with van der Waals surface area (Å²) in [5.41, 5.74) is 9.64. The number of nitrogens with two attached hydrogens (primary N) is 1. The Hall–Kier alpha value is -4.17. The number of hydrogen-bond acceptors (Lipinski definition) is 4. The van der Waals surface area contributed by atoms with Crippen LogP contribution >= 0.6 is 11.6 Å². The maximum atomic E-state index is 12.9. The molecule has 2 amide bonds. The lowest BCUT2D eigenvalue weighted by Gasteiger charge is -2.31. The minimum absolute atomic E-state index is 0.198. The highest BCUT2D eigenvalue weighted by Crippen LogP contribution is 2.41. The number of carboxylic acids is 1. The lowest BCUT2D eigenvalue weighted by atomic mass is 9.86. The number of allylic oxidation sites excluding steroid dienone is 2. The number of primary amides is 1. The number of carbonyl (C=O) groups excluding carboxylic acids is 2. The average molecular weight is 503 g/mol. The Morgan fingerprint density at radius 3 is 2.61 bits per heavy atom. The molecule has 8 nitrogen and oxygen atoms in total. The Labute approximate surface area is 212 Å². The molecule has 0 bridgehead atoms. The van der Waals surface area contributed by atoms with Gasteiger partial charge in [-0.05, 0) is 62.1 Å². The molecule has 1 aromatic heterocycles. The molecule has 5 rings (SSSR count). The Morgan fingerprint density at radius 1 is 1.17 bits per heavy atom. The molecule has 1 heterocycles. The van der Waals surface area contributed by atoms with E-state index in [0.717, 1.165) is 22.4 Å². The number of carboxylic acid groups (broad SMARTS) is 1. The number of rotatable bonds is 5. The van der Waals surface area contributed by atoms with Crippen LogP contribution in [0.25, 0.3) is 11.3 Å². The van der Waals surface area contributed by atoms with E-state index in [0.29, 0.717) is 35.5 Å². The summed E-state index contributed by atoms with van der Waals surface area (Å²) < 4.78 is 1.76. The molecule has 1 atom stereocenters. The third-order valence-corrected chi connectivity index (χ3v) is 7.02. The molecule has 2 aromatic carbocycles. The second-order valence-electron chi connectivity index (χ2n) is 9.12. The third-order valence-electron chi connectivity index (χ3n) is 6.69. The van der Waals surface area contributed by atoms with Crippen LogP contribution in [-0.2, 0) is 23.2 Å². The van der Waals surface area contributed by atoms with Crippen molar-refractivity contribution in [3.8, 4) is 11.3 Å². The summed E-state index contributed by atoms with van der Waals surface area (Å²) in [4.78, 5) is 36.5. The maximum Gasteiger partial charge on any atom is 0.335 e. The number of hydrogen-bond donors (Lipinski definition) is 3. The van der Waals surface area contributed by atoms with Crippen molar-refractivity contribution in [2.45, 2.75) is 31.7 Å². The second-order valence-corrected chi connectivity index (χ2v) is 9.52. The first-order chi connectivity index (χ1) is 17.2. The van der Waals surface area contributed by atoms with Crippen LogP contribution in [0.1, 0.15) is 45.3 Å². The van der Waals surface area contributed by atoms with Gasteiger partial charge in [0.2, 0.25) is 0 Å². The molecule has 4 N–H and O–H groups in total. The van der Waals surface area contributed by atoms with E-state index in [9.17, 15) is 19.5 Å². The zero-order valence-corrected chi connectivity index (χ0v) is 20.2. The molecular weight excluding hydrogens is 480 g/mol. The lowest BCUT2D eigenvalue weighted by Crippen LogP contribution is -2.32. The van der Waals surface area contributed by atoms with Gasteiger partial charge in [-0.3, -0.25) is 14.3 Å². The van der Waals surface area contributed by atoms with Crippen molar-refractivity contribution < 1.29 is 19.5 Å². The first kappa shape index (κ1) is 23.6. The van der Waals surface area contributed by atoms with Gasteiger partial charge < -0.3 is 16.2 Å². The van der Waals surface area contributed by atoms with E-state index < -0.39 is 17.4 Å². The average Bonchev–Trinajstić information content (AvgIpc) is 3.26. The van der Waals surface area contributed by atoms with E-state index in [2.05, 4.69) is 10.4 Å². The van der Waals surface area contributed by atoms with Crippen molar-refractivity contribution >= 4 is 35.1 Å². The number of benzene rings is 2. The molecule has 2 aliphatic carbocycles. The molecule has 1 unspecified atom stereocenters. The number of carbonyl (C=O) groups is 3. The van der Waals surface area contributed by atoms with Gasteiger partial charge in [-0.25, -0.2) is 4.79 Å². The molecule has 0 saturated heterocycles. The second kappa shape index (κ2) is 8.80. The maximum absolute atomic E-state index is 12.9. The number of halogens is 1. The summed E-state index contributed by atoms with van der Waals surface area (Å²) >= 11 is 6.19. The fraction of sp³-hybridized carbons (Fsp3) is 0.185. The van der Waals surface area contributed by atoms with Crippen LogP contribution in [0.2, 0.25) is 5.02 Å². The number of fused-ring (bicyclic) bond motifs is 3. The topological polar surface area (TPSA) is 127 Å². The highest BCUT2D eigenvalue weighted by Gasteiger charge is 2.35. The van der Waals surface area contributed by atoms with Crippen LogP contribution in [0.4, 0.5) is 5.69 Å². The first-order valence-electron chi connectivity index (χ1n) is 11.4. The van der Waals surface area contributed by atoms with Gasteiger partial charge in [0.15, 0.2) is 5.69 Å². The van der Waals surface area contributed by atoms with Gasteiger partial charge in [-0.2, -0.15) is 5.10 Å². The monoisotopic (exact) mass is 502 g/mol. The quantitative estimate of drug-likeness (QED) is 0.478. The number of aliphatic carboxylic acids is 1. The fourth-order valence-electron chi connectivity index (χ4n) is 4.77. The summed E-state index contributed by atoms with van der Waals surface area (Å²) in [5, 5.41) is 17.2. The summed E-state index contributed by atoms with van der Waals surface area (Å²) in [6.07, 6.45) is 6.62. The number of aryl methyl sites for hydroxylation is 1. The van der Waals surface area contributed by atoms with Crippen molar-refractivity contribution in [2.24, 2.45) is 5.73 Å². The first-order valence-corrected chi connectivity index (χ1v) is 11.8. The van der Waals surface area contributed by atoms with E-state index >= 15 is 0 Å². The van der Waals surface area contributed by atoms with E-state index in [1.165, 1.54) is 0 Å². The molecule has 182 valence electrons. The van der Waals surface area contributed by atoms with Crippen molar-refractivity contribution in [3.63, 3.8) is 0 Å². The predicted octanol–water partition coefficient (Wildman–Crippen LogP) is 4.34. The van der Waals surface area contributed by atoms with E-state index in [1.54, 1.807) is 47.2 Å². The molecule has 9 heteroatoms. The number of nitrogens with one attached hydrogen (secondary N) is 1. The fourth-order valence-corrected chi connectivity index (χ4v) is 4.99. The molecule has 2 aliphatic rings. The molecule has 0 aliphatic heterocycles. The van der Waals surface area contributed by atoms with Crippen LogP contribution in [-0.4, -0.2) is 32.7 Å². The smallest absolute Gasteiger partial charge is 0.335 e. The highest BCUT2D eigenvalue weighted by molar-refractivity contribution is 6.34. The summed E-state index contributed by atoms with van der Waals surface area (Å²) in [7, 11) is 0. The predicted molar refractivity (Wildman–Crippen MR) is 136 cm³/mol. The highest BCUT2D eigenvalue weighted by atomic mass is 35.5. The van der Waals surface area contributed by atoms with E-state index in [-0.39, 0.29) is 17.2 Å². The third kappa shape index (κ3) is 3.99. The lowest BCUT2D eigenvalue weighted by molar-refractivity contribution is -0.132. The van der Waals surface area contributed by atoms with Crippen LogP contribution in [0.15, 0.2) is 66.3 Å². The van der Waals surface area contributed by atoms with Gasteiger partial charge in [0.1, 0.15) is 0 Å². The summed E-state index contributed by atoms with van der Waals surface area (Å²) in [6, 6.07) is 12.4. The summed E-state index contributed by atoms with van der Waals surface area (Å²) in [5.74, 6) is -1.96. The minimum Gasteiger partial charge on any atom is -0.478 e. The number of nitrogens with zero attached hydrogens (tertiary/aromatic N) is 2. The van der Waals surface area contributed by atoms with E-state index in [1.807, 2.05) is 25.1 Å². The standard InChI is InChI=1S/C27H23ClN4O4/c1-27(12-10-16(11-13-27)26(35)36)32-23-19(22(31-32)24(29)33)9-7-15-6-8-17(14-20(15)23)30-25(34)18-4-2-3-5-21(18)28/h2-6,8,10-12,14H,7,9,13H2,1H3,(H2,29,33)(H,30,34)(H,35,36). The van der Waals surface area contributed by atoms with Gasteiger partial charge in [0.25, 0.3) is 11.8 Å². The molecule has 0 spiro atoms. The van der Waals surface area contributed by atoms with Crippen molar-refractivity contribution in [1.82, 2.24) is 9.78 Å². The van der Waals surface area contributed by atoms with Crippen LogP contribution in [0.3, 0.4) is 0 Å². The van der Waals surface area contributed by atoms with Crippen molar-refractivity contribution in [3.05, 3.63) is 93.7 Å². The SMILES string of the molecule is CC1(n2nc(C(N)=O)c3c2-c2cc(NC(=O)c4ccccc4Cl)ccc2CC3)C=CC(C(=O)O)=CC1. The van der Waals surface area contributed by atoms with Crippen LogP contribution < -0.4 is 11.1 Å². The Kier molecular flexibility index (Phi) is 5.76. The van der Waals surface area contributed by atoms with Gasteiger partial charge >= 0.3 is 5.97 Å². The van der Waals surface area contributed by atoms with Crippen LogP contribution in [0, 0.1) is 0 Å². The number of anilines is 1. The molecule has 0 fully saturated rings. The molecule has 0 saturated carbocycles. The molecule has 0 radical (unpaired) electrons. The zero-order valence-electron chi connectivity index (χ0n) is 19.4. The van der Waals surface area contributed by atoms with Gasteiger partial charge in [-0.15, -0.1) is 0 Å². The molecule has 3 aromatic rings. The normalized spacial score (nSPS) is 18.1. The van der Waals surface area contributed by atoms with Gasteiger partial charge in [0, 0.05) is 16.8 Å². The number of aromatic nitrogens is 2. The van der Waals surface area contributed by atoms with E-state index in [4.69, 9.17) is 17.3 Å². The van der Waals surface area contributed by atoms with Gasteiger partial charge in [-0.1, -0.05) is 42.0 Å². The van der Waals surface area contributed by atoms with Gasteiger partial charge in [0.05, 0.1) is 27.4 Å². The van der Waals surface area contributed by atoms with Crippen LogP contribution in [0.5, 0.6) is 0 Å². The van der Waals surface area contributed by atoms with Crippen molar-refractivity contribution in [1.29, 1.82) is 0 Å².